The highest BCUT2D eigenvalue weighted by Gasteiger charge is 2.16. The lowest BCUT2D eigenvalue weighted by molar-refractivity contribution is -0.385. The standard InChI is InChI=1S/C15H12ClNO4/c1-9-3-5-12(16)14(7-9)21-15(18)11-4-6-13(17(19)20)10(2)8-11/h3-8H,1-2H3. The number of carbonyl (C=O) groups excluding carboxylic acids is 1. The van der Waals surface area contributed by atoms with E-state index >= 15 is 0 Å². The van der Waals surface area contributed by atoms with Crippen LogP contribution >= 0.6 is 11.6 Å². The fraction of sp³-hybridized carbons (Fsp3) is 0.133. The molecule has 108 valence electrons. The summed E-state index contributed by atoms with van der Waals surface area (Å²) in [6.07, 6.45) is 0. The van der Waals surface area contributed by atoms with Gasteiger partial charge in [-0.25, -0.2) is 4.79 Å². The van der Waals surface area contributed by atoms with Crippen molar-refractivity contribution >= 4 is 23.3 Å². The second-order valence-electron chi connectivity index (χ2n) is 4.58. The molecule has 2 rings (SSSR count). The van der Waals surface area contributed by atoms with Crippen molar-refractivity contribution in [3.8, 4) is 5.75 Å². The third-order valence-corrected chi connectivity index (χ3v) is 3.23. The van der Waals surface area contributed by atoms with E-state index in [4.69, 9.17) is 16.3 Å². The fourth-order valence-corrected chi connectivity index (χ4v) is 1.99. The quantitative estimate of drug-likeness (QED) is 0.371. The van der Waals surface area contributed by atoms with Crippen LogP contribution in [0, 0.1) is 24.0 Å². The first-order valence-electron chi connectivity index (χ1n) is 6.12. The molecule has 0 aliphatic carbocycles. The van der Waals surface area contributed by atoms with Crippen molar-refractivity contribution in [2.45, 2.75) is 13.8 Å². The Morgan fingerprint density at radius 3 is 2.52 bits per heavy atom. The molecule has 0 aromatic heterocycles. The van der Waals surface area contributed by atoms with Gasteiger partial charge in [0.2, 0.25) is 0 Å². The molecule has 0 amide bonds. The minimum atomic E-state index is -0.611. The monoisotopic (exact) mass is 305 g/mol. The van der Waals surface area contributed by atoms with Crippen LogP contribution in [0.3, 0.4) is 0 Å². The summed E-state index contributed by atoms with van der Waals surface area (Å²) in [7, 11) is 0. The van der Waals surface area contributed by atoms with Crippen molar-refractivity contribution in [1.82, 2.24) is 0 Å². The number of nitro benzene ring substituents is 1. The summed E-state index contributed by atoms with van der Waals surface area (Å²) < 4.78 is 5.23. The third kappa shape index (κ3) is 3.38. The van der Waals surface area contributed by atoms with Gasteiger partial charge in [0.1, 0.15) is 5.75 Å². The zero-order valence-corrected chi connectivity index (χ0v) is 12.2. The van der Waals surface area contributed by atoms with Crippen LogP contribution in [0.2, 0.25) is 5.02 Å². The van der Waals surface area contributed by atoms with Gasteiger partial charge in [-0.3, -0.25) is 10.1 Å². The number of ether oxygens (including phenoxy) is 1. The maximum atomic E-state index is 12.1. The first-order chi connectivity index (χ1) is 9.88. The summed E-state index contributed by atoms with van der Waals surface area (Å²) in [4.78, 5) is 22.3. The molecular formula is C15H12ClNO4. The third-order valence-electron chi connectivity index (χ3n) is 2.92. The summed E-state index contributed by atoms with van der Waals surface area (Å²) in [5, 5.41) is 11.1. The number of aryl methyl sites for hydroxylation is 2. The minimum Gasteiger partial charge on any atom is -0.421 e. The molecule has 0 atom stereocenters. The van der Waals surface area contributed by atoms with E-state index in [0.717, 1.165) is 5.56 Å². The molecule has 6 heteroatoms. The largest absolute Gasteiger partial charge is 0.421 e. The second kappa shape index (κ2) is 5.93. The van der Waals surface area contributed by atoms with Gasteiger partial charge in [-0.05, 0) is 43.7 Å². The number of rotatable bonds is 3. The zero-order valence-electron chi connectivity index (χ0n) is 11.4. The molecule has 21 heavy (non-hydrogen) atoms. The van der Waals surface area contributed by atoms with Crippen LogP contribution in [-0.4, -0.2) is 10.9 Å². The summed E-state index contributed by atoms with van der Waals surface area (Å²) in [5.41, 5.74) is 1.49. The number of carbonyl (C=O) groups is 1. The maximum Gasteiger partial charge on any atom is 0.343 e. The van der Waals surface area contributed by atoms with Gasteiger partial charge < -0.3 is 4.74 Å². The highest BCUT2D eigenvalue weighted by molar-refractivity contribution is 6.32. The average molecular weight is 306 g/mol. The molecule has 0 radical (unpaired) electrons. The number of nitro groups is 1. The van der Waals surface area contributed by atoms with Crippen molar-refractivity contribution in [2.75, 3.05) is 0 Å². The summed E-state index contributed by atoms with van der Waals surface area (Å²) in [6.45, 7) is 3.41. The van der Waals surface area contributed by atoms with Gasteiger partial charge in [-0.15, -0.1) is 0 Å². The number of esters is 1. The van der Waals surface area contributed by atoms with Crippen LogP contribution in [0.25, 0.3) is 0 Å². The Kier molecular flexibility index (Phi) is 4.23. The minimum absolute atomic E-state index is 0.0415. The normalized spacial score (nSPS) is 10.2. The Balaban J connectivity index is 2.26. The van der Waals surface area contributed by atoms with Crippen molar-refractivity contribution in [3.05, 3.63) is 68.2 Å². The molecule has 0 heterocycles. The highest BCUT2D eigenvalue weighted by Crippen LogP contribution is 2.27. The lowest BCUT2D eigenvalue weighted by atomic mass is 10.1. The fourth-order valence-electron chi connectivity index (χ4n) is 1.83. The first kappa shape index (κ1) is 15.0. The zero-order chi connectivity index (χ0) is 15.6. The van der Waals surface area contributed by atoms with E-state index in [1.165, 1.54) is 18.2 Å². The van der Waals surface area contributed by atoms with Crippen molar-refractivity contribution in [1.29, 1.82) is 0 Å². The van der Waals surface area contributed by atoms with Gasteiger partial charge >= 0.3 is 5.97 Å². The molecule has 0 aliphatic rings. The van der Waals surface area contributed by atoms with Crippen LogP contribution in [0.1, 0.15) is 21.5 Å². The Bertz CT molecular complexity index is 728. The molecule has 0 spiro atoms. The average Bonchev–Trinajstić information content (AvgIpc) is 2.42. The number of nitrogens with zero attached hydrogens (tertiary/aromatic N) is 1. The Labute approximate surface area is 126 Å². The van der Waals surface area contributed by atoms with E-state index in [1.54, 1.807) is 25.1 Å². The SMILES string of the molecule is Cc1ccc(Cl)c(OC(=O)c2ccc([N+](=O)[O-])c(C)c2)c1. The van der Waals surface area contributed by atoms with E-state index in [9.17, 15) is 14.9 Å². The molecular weight excluding hydrogens is 294 g/mol. The summed E-state index contributed by atoms with van der Waals surface area (Å²) >= 11 is 5.96. The van der Waals surface area contributed by atoms with Crippen LogP contribution in [0.5, 0.6) is 5.75 Å². The van der Waals surface area contributed by atoms with Gasteiger partial charge in [0.05, 0.1) is 15.5 Å². The number of hydrogen-bond acceptors (Lipinski definition) is 4. The topological polar surface area (TPSA) is 69.4 Å². The Morgan fingerprint density at radius 1 is 1.19 bits per heavy atom. The van der Waals surface area contributed by atoms with E-state index in [-0.39, 0.29) is 17.0 Å². The van der Waals surface area contributed by atoms with Gasteiger partial charge in [0.25, 0.3) is 5.69 Å². The second-order valence-corrected chi connectivity index (χ2v) is 4.99. The van der Waals surface area contributed by atoms with Gasteiger partial charge in [0, 0.05) is 11.6 Å². The Morgan fingerprint density at radius 2 is 1.90 bits per heavy atom. The highest BCUT2D eigenvalue weighted by atomic mass is 35.5. The van der Waals surface area contributed by atoms with E-state index in [0.29, 0.717) is 10.6 Å². The maximum absolute atomic E-state index is 12.1. The summed E-state index contributed by atoms with van der Waals surface area (Å²) in [5.74, 6) is -0.349. The molecule has 0 aliphatic heterocycles. The lowest BCUT2D eigenvalue weighted by Crippen LogP contribution is -2.09. The molecule has 2 aromatic rings. The van der Waals surface area contributed by atoms with Crippen LogP contribution < -0.4 is 4.74 Å². The van der Waals surface area contributed by atoms with Crippen molar-refractivity contribution < 1.29 is 14.5 Å². The van der Waals surface area contributed by atoms with E-state index in [2.05, 4.69) is 0 Å². The molecule has 0 unspecified atom stereocenters. The molecule has 5 nitrogen and oxygen atoms in total. The predicted octanol–water partition coefficient (Wildman–Crippen LogP) is 4.08. The number of hydrogen-bond donors (Lipinski definition) is 0. The van der Waals surface area contributed by atoms with Gasteiger partial charge in [0.15, 0.2) is 0 Å². The molecule has 0 fully saturated rings. The number of benzene rings is 2. The number of halogens is 1. The molecule has 2 aromatic carbocycles. The molecule has 0 bridgehead atoms. The smallest absolute Gasteiger partial charge is 0.343 e. The first-order valence-corrected chi connectivity index (χ1v) is 6.49. The van der Waals surface area contributed by atoms with Crippen LogP contribution in [0.15, 0.2) is 36.4 Å². The van der Waals surface area contributed by atoms with Crippen LogP contribution in [0.4, 0.5) is 5.69 Å². The van der Waals surface area contributed by atoms with Gasteiger partial charge in [-0.1, -0.05) is 17.7 Å². The van der Waals surface area contributed by atoms with E-state index in [1.807, 2.05) is 6.92 Å². The van der Waals surface area contributed by atoms with Crippen molar-refractivity contribution in [2.24, 2.45) is 0 Å². The van der Waals surface area contributed by atoms with E-state index < -0.39 is 10.9 Å². The Hall–Kier alpha value is -2.40. The molecule has 0 saturated heterocycles. The summed E-state index contributed by atoms with van der Waals surface area (Å²) in [6, 6.07) is 9.15. The lowest BCUT2D eigenvalue weighted by Gasteiger charge is -2.07. The molecule has 0 saturated carbocycles. The van der Waals surface area contributed by atoms with Gasteiger partial charge in [-0.2, -0.15) is 0 Å². The van der Waals surface area contributed by atoms with Crippen molar-refractivity contribution in [3.63, 3.8) is 0 Å². The molecule has 0 N–H and O–H groups in total. The van der Waals surface area contributed by atoms with Crippen LogP contribution in [-0.2, 0) is 0 Å². The predicted molar refractivity (Wildman–Crippen MR) is 79.0 cm³/mol.